The molecule has 0 amide bonds. The molecule has 1 aliphatic rings. The zero-order chi connectivity index (χ0) is 20.4. The van der Waals surface area contributed by atoms with Crippen molar-refractivity contribution in [3.05, 3.63) is 23.2 Å². The molecule has 6 nitrogen and oxygen atoms in total. The highest BCUT2D eigenvalue weighted by Crippen LogP contribution is 2.25. The van der Waals surface area contributed by atoms with Gasteiger partial charge in [-0.1, -0.05) is 52.0 Å². The summed E-state index contributed by atoms with van der Waals surface area (Å²) in [6.07, 6.45) is 6.56. The Morgan fingerprint density at radius 1 is 1.22 bits per heavy atom. The second-order valence-corrected chi connectivity index (χ2v) is 7.97. The van der Waals surface area contributed by atoms with Gasteiger partial charge in [0.15, 0.2) is 11.9 Å². The quantitative estimate of drug-likeness (QED) is 0.331. The van der Waals surface area contributed by atoms with Crippen molar-refractivity contribution in [2.24, 2.45) is 11.8 Å². The van der Waals surface area contributed by atoms with Crippen molar-refractivity contribution in [1.29, 1.82) is 0 Å². The Hall–Kier alpha value is -1.53. The Kier molecular flexibility index (Phi) is 10.5. The first-order valence-corrected chi connectivity index (χ1v) is 9.97. The van der Waals surface area contributed by atoms with E-state index < -0.39 is 30.5 Å². The summed E-state index contributed by atoms with van der Waals surface area (Å²) in [7, 11) is 0. The van der Waals surface area contributed by atoms with Gasteiger partial charge in [-0.25, -0.2) is 4.79 Å². The molecule has 1 aliphatic heterocycles. The monoisotopic (exact) mass is 384 g/mol. The van der Waals surface area contributed by atoms with Crippen LogP contribution in [0.1, 0.15) is 66.2 Å². The van der Waals surface area contributed by atoms with Crippen LogP contribution in [-0.4, -0.2) is 46.7 Å². The topological polar surface area (TPSA) is 96.2 Å². The molecular formula is C21H36O6. The first-order valence-electron chi connectivity index (χ1n) is 9.97. The fourth-order valence-corrected chi connectivity index (χ4v) is 3.08. The minimum atomic E-state index is -1.32. The normalized spacial score (nSPS) is 20.2. The molecule has 0 aromatic heterocycles. The highest BCUT2D eigenvalue weighted by atomic mass is 16.6. The van der Waals surface area contributed by atoms with Crippen molar-refractivity contribution in [2.45, 2.75) is 78.4 Å². The molecule has 0 radical (unpaired) electrons. The summed E-state index contributed by atoms with van der Waals surface area (Å²) in [5.41, 5.74) is 1.17. The second kappa shape index (κ2) is 12.0. The van der Waals surface area contributed by atoms with E-state index in [4.69, 9.17) is 14.6 Å². The van der Waals surface area contributed by atoms with Crippen LogP contribution in [0.4, 0.5) is 0 Å². The largest absolute Gasteiger partial charge is 0.499 e. The molecule has 0 fully saturated rings. The van der Waals surface area contributed by atoms with Gasteiger partial charge in [0.25, 0.3) is 0 Å². The van der Waals surface area contributed by atoms with E-state index in [-0.39, 0.29) is 12.4 Å². The molecule has 0 aromatic rings. The zero-order valence-electron chi connectivity index (χ0n) is 17.1. The van der Waals surface area contributed by atoms with Crippen molar-refractivity contribution in [3.8, 4) is 0 Å². The summed E-state index contributed by atoms with van der Waals surface area (Å²) in [6.45, 7) is 8.43. The molecule has 0 saturated heterocycles. The molecule has 1 rings (SSSR count). The minimum Gasteiger partial charge on any atom is -0.499 e. The summed E-state index contributed by atoms with van der Waals surface area (Å²) < 4.78 is 10.2. The second-order valence-electron chi connectivity index (χ2n) is 7.97. The summed E-state index contributed by atoms with van der Waals surface area (Å²) in [4.78, 5) is 11.4. The fraction of sp³-hybridized carbons (Fsp3) is 0.762. The third-order valence-electron chi connectivity index (χ3n) is 4.87. The fourth-order valence-electron chi connectivity index (χ4n) is 3.08. The zero-order valence-corrected chi connectivity index (χ0v) is 17.1. The number of cyclic esters (lactones) is 1. The van der Waals surface area contributed by atoms with Crippen LogP contribution < -0.4 is 0 Å². The third-order valence-corrected chi connectivity index (χ3v) is 4.87. The molecule has 0 aromatic carbocycles. The maximum atomic E-state index is 11.4. The molecule has 3 unspecified atom stereocenters. The van der Waals surface area contributed by atoms with Gasteiger partial charge in [-0.15, -0.1) is 0 Å². The maximum absolute atomic E-state index is 11.4. The lowest BCUT2D eigenvalue weighted by molar-refractivity contribution is -0.148. The number of carbonyl (C=O) groups is 1. The van der Waals surface area contributed by atoms with Crippen LogP contribution in [0.5, 0.6) is 0 Å². The number of esters is 1. The van der Waals surface area contributed by atoms with E-state index in [1.807, 2.05) is 13.0 Å². The van der Waals surface area contributed by atoms with Gasteiger partial charge in [-0.2, -0.15) is 0 Å². The van der Waals surface area contributed by atoms with E-state index in [0.717, 1.165) is 24.7 Å². The minimum absolute atomic E-state index is 0.121. The van der Waals surface area contributed by atoms with Gasteiger partial charge < -0.3 is 24.8 Å². The molecule has 1 heterocycles. The van der Waals surface area contributed by atoms with E-state index in [9.17, 15) is 15.0 Å². The lowest BCUT2D eigenvalue weighted by Gasteiger charge is -2.17. The molecule has 27 heavy (non-hydrogen) atoms. The van der Waals surface area contributed by atoms with Gasteiger partial charge in [0.05, 0.1) is 6.61 Å². The van der Waals surface area contributed by atoms with Crippen LogP contribution in [0.15, 0.2) is 23.2 Å². The Labute approximate surface area is 162 Å². The number of aliphatic hydroxyl groups is 3. The van der Waals surface area contributed by atoms with Crippen LogP contribution >= 0.6 is 0 Å². The summed E-state index contributed by atoms with van der Waals surface area (Å²) in [5.74, 6) is -0.208. The van der Waals surface area contributed by atoms with Crippen molar-refractivity contribution in [3.63, 3.8) is 0 Å². The van der Waals surface area contributed by atoms with Crippen molar-refractivity contribution in [2.75, 3.05) is 13.2 Å². The molecule has 3 atom stereocenters. The molecule has 0 aliphatic carbocycles. The number of allylic oxidation sites excluding steroid dienone is 1. The third kappa shape index (κ3) is 8.35. The molecule has 3 N–H and O–H groups in total. The molecular weight excluding hydrogens is 348 g/mol. The standard InChI is InChI=1S/C21H36O6/c1-14(2)7-5-8-15(3)9-6-10-16(4)11-12-26-20-18(24)21(25)27-19(20)17(23)13-22/h11,14-15,17,19,22-24H,5-10,12-13H2,1-4H3/b16-11+. The van der Waals surface area contributed by atoms with E-state index in [0.29, 0.717) is 0 Å². The van der Waals surface area contributed by atoms with Gasteiger partial charge >= 0.3 is 5.97 Å². The predicted octanol–water partition coefficient (Wildman–Crippen LogP) is 3.63. The molecule has 0 spiro atoms. The number of ether oxygens (including phenoxy) is 2. The summed E-state index contributed by atoms with van der Waals surface area (Å²) in [6, 6.07) is 0. The van der Waals surface area contributed by atoms with Crippen LogP contribution in [0, 0.1) is 11.8 Å². The Morgan fingerprint density at radius 2 is 1.89 bits per heavy atom. The van der Waals surface area contributed by atoms with Gasteiger partial charge in [-0.05, 0) is 37.7 Å². The smallest absolute Gasteiger partial charge is 0.378 e. The Balaban J connectivity index is 2.34. The lowest BCUT2D eigenvalue weighted by Crippen LogP contribution is -2.32. The van der Waals surface area contributed by atoms with Gasteiger partial charge in [0.1, 0.15) is 12.7 Å². The van der Waals surface area contributed by atoms with Crippen molar-refractivity contribution in [1.82, 2.24) is 0 Å². The highest BCUT2D eigenvalue weighted by molar-refractivity contribution is 5.89. The predicted molar refractivity (Wildman–Crippen MR) is 104 cm³/mol. The van der Waals surface area contributed by atoms with Gasteiger partial charge in [-0.3, -0.25) is 0 Å². The number of hydrogen-bond donors (Lipinski definition) is 3. The van der Waals surface area contributed by atoms with Crippen molar-refractivity contribution >= 4 is 5.97 Å². The summed E-state index contributed by atoms with van der Waals surface area (Å²) in [5, 5.41) is 28.4. The number of hydrogen-bond acceptors (Lipinski definition) is 6. The van der Waals surface area contributed by atoms with Crippen LogP contribution in [0.2, 0.25) is 0 Å². The summed E-state index contributed by atoms with van der Waals surface area (Å²) >= 11 is 0. The SMILES string of the molecule is C/C(=C\COC1=C(O)C(=O)OC1C(O)CO)CCCC(C)CCCC(C)C. The average molecular weight is 385 g/mol. The van der Waals surface area contributed by atoms with Crippen LogP contribution in [0.25, 0.3) is 0 Å². The van der Waals surface area contributed by atoms with Gasteiger partial charge in [0.2, 0.25) is 5.76 Å². The van der Waals surface area contributed by atoms with Crippen LogP contribution in [0.3, 0.4) is 0 Å². The number of aliphatic hydroxyl groups excluding tert-OH is 3. The Morgan fingerprint density at radius 3 is 2.52 bits per heavy atom. The molecule has 156 valence electrons. The average Bonchev–Trinajstić information content (AvgIpc) is 2.89. The molecule has 0 bridgehead atoms. The highest BCUT2D eigenvalue weighted by Gasteiger charge is 2.40. The Bertz CT molecular complexity index is 523. The number of carbonyl (C=O) groups excluding carboxylic acids is 1. The molecule has 0 saturated carbocycles. The first-order chi connectivity index (χ1) is 12.8. The maximum Gasteiger partial charge on any atom is 0.378 e. The van der Waals surface area contributed by atoms with E-state index in [2.05, 4.69) is 20.8 Å². The number of rotatable bonds is 13. The van der Waals surface area contributed by atoms with E-state index in [1.165, 1.54) is 31.3 Å². The van der Waals surface area contributed by atoms with Crippen LogP contribution in [-0.2, 0) is 14.3 Å². The lowest BCUT2D eigenvalue weighted by atomic mass is 9.94. The van der Waals surface area contributed by atoms with Crippen molar-refractivity contribution < 1.29 is 29.6 Å². The van der Waals surface area contributed by atoms with E-state index in [1.54, 1.807) is 0 Å². The van der Waals surface area contributed by atoms with E-state index >= 15 is 0 Å². The molecule has 6 heteroatoms. The van der Waals surface area contributed by atoms with Gasteiger partial charge in [0, 0.05) is 0 Å². The first kappa shape index (κ1) is 23.5.